The summed E-state index contributed by atoms with van der Waals surface area (Å²) in [6.07, 6.45) is 7.00. The van der Waals surface area contributed by atoms with Crippen LogP contribution in [0.1, 0.15) is 52.4 Å². The Bertz CT molecular complexity index is 436. The van der Waals surface area contributed by atoms with Gasteiger partial charge in [0.25, 0.3) is 0 Å². The molecule has 4 aliphatic rings. The van der Waals surface area contributed by atoms with Crippen molar-refractivity contribution in [2.75, 3.05) is 0 Å². The summed E-state index contributed by atoms with van der Waals surface area (Å²) in [5.74, 6) is 0.725. The molecule has 4 rings (SSSR count). The van der Waals surface area contributed by atoms with Gasteiger partial charge in [-0.2, -0.15) is 0 Å². The number of rotatable bonds is 1. The molecule has 5 nitrogen and oxygen atoms in total. The molecule has 4 aliphatic carbocycles. The van der Waals surface area contributed by atoms with Gasteiger partial charge in [0.2, 0.25) is 0 Å². The molecular formula is C13H20N4O. The lowest BCUT2D eigenvalue weighted by Gasteiger charge is -2.65. The van der Waals surface area contributed by atoms with E-state index in [0.29, 0.717) is 10.8 Å². The van der Waals surface area contributed by atoms with Crippen molar-refractivity contribution < 1.29 is 4.79 Å². The largest absolute Gasteiger partial charge is 0.345 e. The molecule has 4 fully saturated rings. The number of nitrogens with zero attached hydrogens (tertiary/aromatic N) is 3. The summed E-state index contributed by atoms with van der Waals surface area (Å²) < 4.78 is 0. The second-order valence-corrected chi connectivity index (χ2v) is 7.53. The molecular weight excluding hydrogens is 228 g/mol. The number of hydrogen-bond acceptors (Lipinski definition) is 1. The Morgan fingerprint density at radius 3 is 2.33 bits per heavy atom. The third-order valence-electron chi connectivity index (χ3n) is 5.13. The fraction of sp³-hybridized carbons (Fsp3) is 0.923. The van der Waals surface area contributed by atoms with Gasteiger partial charge in [0.15, 0.2) is 0 Å². The quantitative estimate of drug-likeness (QED) is 0.428. The molecule has 0 aromatic rings. The number of azide groups is 1. The summed E-state index contributed by atoms with van der Waals surface area (Å²) in [6.45, 7) is 4.70. The van der Waals surface area contributed by atoms with E-state index in [0.717, 1.165) is 25.2 Å². The fourth-order valence-electron chi connectivity index (χ4n) is 5.88. The Morgan fingerprint density at radius 2 is 1.83 bits per heavy atom. The predicted octanol–water partition coefficient (Wildman–Crippen LogP) is 3.76. The smallest absolute Gasteiger partial charge is 0.308 e. The van der Waals surface area contributed by atoms with Crippen LogP contribution in [0.5, 0.6) is 0 Å². The zero-order valence-corrected chi connectivity index (χ0v) is 11.1. The van der Waals surface area contributed by atoms with Crippen molar-refractivity contribution in [3.05, 3.63) is 10.4 Å². The maximum absolute atomic E-state index is 11.6. The molecule has 1 N–H and O–H groups in total. The van der Waals surface area contributed by atoms with Crippen LogP contribution in [0.4, 0.5) is 4.79 Å². The highest BCUT2D eigenvalue weighted by atomic mass is 16.2. The van der Waals surface area contributed by atoms with Crippen molar-refractivity contribution in [1.29, 1.82) is 0 Å². The van der Waals surface area contributed by atoms with Crippen LogP contribution < -0.4 is 5.32 Å². The number of carbonyl (C=O) groups is 1. The van der Waals surface area contributed by atoms with E-state index in [1.54, 1.807) is 0 Å². The van der Waals surface area contributed by atoms with E-state index < -0.39 is 6.03 Å². The summed E-state index contributed by atoms with van der Waals surface area (Å²) in [6, 6.07) is -0.508. The maximum Gasteiger partial charge on any atom is 0.308 e. The first-order valence-corrected chi connectivity index (χ1v) is 6.73. The standard InChI is InChI=1S/C13H20N4O/c1-11-3-9-4-12(2,6-11)8-13(5-9,7-11)15-10(18)16-17-14/h9H,3-8H2,1-2H3,(H,15,18). The average molecular weight is 248 g/mol. The lowest BCUT2D eigenvalue weighted by atomic mass is 9.43. The van der Waals surface area contributed by atoms with Crippen LogP contribution in [-0.2, 0) is 0 Å². The Kier molecular flexibility index (Phi) is 2.25. The minimum absolute atomic E-state index is 0.117. The minimum Gasteiger partial charge on any atom is -0.345 e. The summed E-state index contributed by atoms with van der Waals surface area (Å²) in [5, 5.41) is 6.19. The molecule has 0 heterocycles. The molecule has 98 valence electrons. The molecule has 0 aliphatic heterocycles. The van der Waals surface area contributed by atoms with E-state index in [1.807, 2.05) is 0 Å². The summed E-state index contributed by atoms with van der Waals surface area (Å²) >= 11 is 0. The number of hydrogen-bond donors (Lipinski definition) is 1. The van der Waals surface area contributed by atoms with Gasteiger partial charge < -0.3 is 5.32 Å². The molecule has 0 radical (unpaired) electrons. The highest BCUT2D eigenvalue weighted by Crippen LogP contribution is 2.66. The van der Waals surface area contributed by atoms with E-state index in [1.165, 1.54) is 19.3 Å². The van der Waals surface area contributed by atoms with E-state index in [2.05, 4.69) is 29.2 Å². The fourth-order valence-corrected chi connectivity index (χ4v) is 5.88. The van der Waals surface area contributed by atoms with Crippen molar-refractivity contribution in [3.8, 4) is 0 Å². The number of nitrogens with one attached hydrogen (secondary N) is 1. The first kappa shape index (κ1) is 11.8. The van der Waals surface area contributed by atoms with E-state index in [4.69, 9.17) is 5.53 Å². The van der Waals surface area contributed by atoms with Gasteiger partial charge in [-0.15, -0.1) is 0 Å². The third-order valence-corrected chi connectivity index (χ3v) is 5.13. The molecule has 4 bridgehead atoms. The Hall–Kier alpha value is -1.22. The maximum atomic E-state index is 11.6. The second-order valence-electron chi connectivity index (χ2n) is 7.53. The topological polar surface area (TPSA) is 77.9 Å². The summed E-state index contributed by atoms with van der Waals surface area (Å²) in [5.41, 5.74) is 8.95. The van der Waals surface area contributed by atoms with E-state index in [9.17, 15) is 4.79 Å². The van der Waals surface area contributed by atoms with Gasteiger partial charge in [-0.25, -0.2) is 0 Å². The molecule has 2 unspecified atom stereocenters. The van der Waals surface area contributed by atoms with Crippen LogP contribution in [0.15, 0.2) is 5.11 Å². The lowest BCUT2D eigenvalue weighted by molar-refractivity contribution is -0.113. The molecule has 0 aromatic carbocycles. The lowest BCUT2D eigenvalue weighted by Crippen LogP contribution is -2.64. The van der Waals surface area contributed by atoms with Gasteiger partial charge >= 0.3 is 6.03 Å². The number of amides is 2. The molecule has 18 heavy (non-hydrogen) atoms. The van der Waals surface area contributed by atoms with Crippen LogP contribution in [-0.4, -0.2) is 11.6 Å². The molecule has 2 atom stereocenters. The predicted molar refractivity (Wildman–Crippen MR) is 67.8 cm³/mol. The second kappa shape index (κ2) is 3.41. The zero-order valence-electron chi connectivity index (χ0n) is 11.1. The monoisotopic (exact) mass is 248 g/mol. The van der Waals surface area contributed by atoms with Crippen molar-refractivity contribution >= 4 is 6.03 Å². The highest BCUT2D eigenvalue weighted by molar-refractivity contribution is 5.75. The van der Waals surface area contributed by atoms with Gasteiger partial charge in [0.1, 0.15) is 0 Å². The minimum atomic E-state index is -0.508. The van der Waals surface area contributed by atoms with Crippen LogP contribution in [0, 0.1) is 16.7 Å². The Morgan fingerprint density at radius 1 is 1.22 bits per heavy atom. The van der Waals surface area contributed by atoms with Crippen LogP contribution in [0.25, 0.3) is 10.4 Å². The molecule has 0 aromatic heterocycles. The normalized spacial score (nSPS) is 48.7. The zero-order chi connectivity index (χ0) is 13.0. The first-order chi connectivity index (χ1) is 8.36. The molecule has 2 amide bonds. The van der Waals surface area contributed by atoms with Crippen LogP contribution >= 0.6 is 0 Å². The van der Waals surface area contributed by atoms with E-state index in [-0.39, 0.29) is 5.54 Å². The first-order valence-electron chi connectivity index (χ1n) is 6.73. The third kappa shape index (κ3) is 1.77. The van der Waals surface area contributed by atoms with Crippen molar-refractivity contribution in [3.63, 3.8) is 0 Å². The highest BCUT2D eigenvalue weighted by Gasteiger charge is 2.60. The Balaban J connectivity index is 1.89. The number of urea groups is 1. The Labute approximate surface area is 107 Å². The van der Waals surface area contributed by atoms with Gasteiger partial charge in [-0.05, 0) is 60.8 Å². The molecule has 0 saturated heterocycles. The van der Waals surface area contributed by atoms with Gasteiger partial charge in [-0.1, -0.05) is 13.8 Å². The van der Waals surface area contributed by atoms with Gasteiger partial charge in [-0.3, -0.25) is 4.79 Å². The molecule has 5 heteroatoms. The van der Waals surface area contributed by atoms with Crippen LogP contribution in [0.2, 0.25) is 0 Å². The average Bonchev–Trinajstić information content (AvgIpc) is 2.09. The molecule has 0 spiro atoms. The number of carbonyl (C=O) groups excluding carboxylic acids is 1. The summed E-state index contributed by atoms with van der Waals surface area (Å²) in [7, 11) is 0. The van der Waals surface area contributed by atoms with Gasteiger partial charge in [0.05, 0.1) is 0 Å². The summed E-state index contributed by atoms with van der Waals surface area (Å²) in [4.78, 5) is 14.2. The van der Waals surface area contributed by atoms with Crippen molar-refractivity contribution in [1.82, 2.24) is 5.32 Å². The van der Waals surface area contributed by atoms with Gasteiger partial charge in [0, 0.05) is 15.6 Å². The van der Waals surface area contributed by atoms with Crippen molar-refractivity contribution in [2.45, 2.75) is 57.9 Å². The van der Waals surface area contributed by atoms with E-state index >= 15 is 0 Å². The molecule has 4 saturated carbocycles. The van der Waals surface area contributed by atoms with Crippen molar-refractivity contribution in [2.24, 2.45) is 21.9 Å². The SMILES string of the molecule is CC12CC3CC(C)(C1)CC(NC(=O)N=[N+]=[N-])(C3)C2. The van der Waals surface area contributed by atoms with Crippen LogP contribution in [0.3, 0.4) is 0 Å².